The second kappa shape index (κ2) is 6.87. The highest BCUT2D eigenvalue weighted by Crippen LogP contribution is 2.41. The second-order valence-corrected chi connectivity index (χ2v) is 7.96. The van der Waals surface area contributed by atoms with Gasteiger partial charge in [-0.3, -0.25) is 9.98 Å². The maximum atomic E-state index is 4.84. The maximum absolute atomic E-state index is 4.84. The molecule has 1 aliphatic heterocycles. The Morgan fingerprint density at radius 3 is 2.64 bits per heavy atom. The summed E-state index contributed by atoms with van der Waals surface area (Å²) in [5.41, 5.74) is 6.43. The summed E-state index contributed by atoms with van der Waals surface area (Å²) in [6, 6.07) is 12.7. The van der Waals surface area contributed by atoms with E-state index in [-0.39, 0.29) is 5.92 Å². The fourth-order valence-corrected chi connectivity index (χ4v) is 4.75. The first-order valence-corrected chi connectivity index (χ1v) is 10.1. The first-order valence-electron chi connectivity index (χ1n) is 10.1. The molecule has 2 heterocycles. The lowest BCUT2D eigenvalue weighted by atomic mass is 9.73. The van der Waals surface area contributed by atoms with Crippen molar-refractivity contribution in [1.82, 2.24) is 4.98 Å². The number of hydrogen-bond donors (Lipinski definition) is 0. The molecule has 2 nitrogen and oxygen atoms in total. The van der Waals surface area contributed by atoms with E-state index in [0.717, 1.165) is 17.5 Å². The SMILES string of the molecule is CC1CC=CC=C1C1=CC=NC2=c3nccc(-c4ccccc4)c3=CC(C)C12. The molecule has 0 N–H and O–H groups in total. The maximum Gasteiger partial charge on any atom is 0.0926 e. The van der Waals surface area contributed by atoms with Crippen LogP contribution < -0.4 is 10.6 Å². The normalized spacial score (nSPS) is 25.4. The van der Waals surface area contributed by atoms with Crippen molar-refractivity contribution in [3.05, 3.63) is 88.6 Å². The third-order valence-corrected chi connectivity index (χ3v) is 6.14. The van der Waals surface area contributed by atoms with E-state index >= 15 is 0 Å². The van der Waals surface area contributed by atoms with Crippen molar-refractivity contribution in [2.75, 3.05) is 0 Å². The third kappa shape index (κ3) is 2.72. The van der Waals surface area contributed by atoms with Gasteiger partial charge in [-0.1, -0.05) is 68.5 Å². The van der Waals surface area contributed by atoms with Crippen molar-refractivity contribution >= 4 is 18.0 Å². The molecule has 138 valence electrons. The molecule has 1 aromatic carbocycles. The van der Waals surface area contributed by atoms with E-state index in [4.69, 9.17) is 9.98 Å². The number of dihydropyridines is 1. The Hall–Kier alpha value is -3.00. The summed E-state index contributed by atoms with van der Waals surface area (Å²) in [7, 11) is 0. The molecule has 0 saturated heterocycles. The lowest BCUT2D eigenvalue weighted by molar-refractivity contribution is 0.582. The number of pyridine rings is 1. The van der Waals surface area contributed by atoms with Gasteiger partial charge in [-0.2, -0.15) is 0 Å². The van der Waals surface area contributed by atoms with Crippen LogP contribution in [0, 0.1) is 17.8 Å². The fraction of sp³-hybridized carbons (Fsp3) is 0.231. The van der Waals surface area contributed by atoms with Crippen molar-refractivity contribution in [3.8, 4) is 11.1 Å². The first-order chi connectivity index (χ1) is 13.7. The van der Waals surface area contributed by atoms with Crippen molar-refractivity contribution in [2.45, 2.75) is 20.3 Å². The lowest BCUT2D eigenvalue weighted by Gasteiger charge is -2.33. The minimum atomic E-state index is 0.274. The largest absolute Gasteiger partial charge is 0.258 e. The van der Waals surface area contributed by atoms with Crippen molar-refractivity contribution in [3.63, 3.8) is 0 Å². The van der Waals surface area contributed by atoms with Crippen molar-refractivity contribution in [2.24, 2.45) is 22.7 Å². The zero-order valence-corrected chi connectivity index (χ0v) is 16.3. The standard InChI is InChI=1S/C26H24N2/c1-17-8-6-7-11-20(17)22-13-15-28-26-24(22)18(2)16-23-21(12-14-27-25(23)26)19-9-4-3-5-10-19/h3-7,9-18,24H,8H2,1-2H3. The molecular formula is C26H24N2. The number of benzene rings is 1. The van der Waals surface area contributed by atoms with Crippen LogP contribution in [0.25, 0.3) is 22.9 Å². The van der Waals surface area contributed by atoms with Crippen LogP contribution in [0.5, 0.6) is 0 Å². The second-order valence-electron chi connectivity index (χ2n) is 7.96. The molecule has 0 saturated carbocycles. The van der Waals surface area contributed by atoms with Gasteiger partial charge < -0.3 is 0 Å². The van der Waals surface area contributed by atoms with Crippen LogP contribution in [0.2, 0.25) is 0 Å². The van der Waals surface area contributed by atoms with Crippen molar-refractivity contribution in [1.29, 1.82) is 0 Å². The summed E-state index contributed by atoms with van der Waals surface area (Å²) in [6.07, 6.45) is 16.3. The molecular weight excluding hydrogens is 340 g/mol. The predicted molar refractivity (Wildman–Crippen MR) is 117 cm³/mol. The van der Waals surface area contributed by atoms with Gasteiger partial charge in [0.2, 0.25) is 0 Å². The summed E-state index contributed by atoms with van der Waals surface area (Å²) >= 11 is 0. The molecule has 0 bridgehead atoms. The van der Waals surface area contributed by atoms with E-state index in [9.17, 15) is 0 Å². The molecule has 2 heteroatoms. The zero-order chi connectivity index (χ0) is 19.1. The number of allylic oxidation sites excluding steroid dienone is 5. The molecule has 3 aliphatic rings. The van der Waals surface area contributed by atoms with E-state index in [1.165, 1.54) is 27.5 Å². The summed E-state index contributed by atoms with van der Waals surface area (Å²) in [4.78, 5) is 9.62. The zero-order valence-electron chi connectivity index (χ0n) is 16.3. The Balaban J connectivity index is 1.72. The Morgan fingerprint density at radius 1 is 0.964 bits per heavy atom. The minimum Gasteiger partial charge on any atom is -0.258 e. The smallest absolute Gasteiger partial charge is 0.0926 e. The van der Waals surface area contributed by atoms with Gasteiger partial charge in [0, 0.05) is 23.5 Å². The van der Waals surface area contributed by atoms with Crippen LogP contribution in [0.1, 0.15) is 20.3 Å². The Kier molecular flexibility index (Phi) is 4.20. The molecule has 0 spiro atoms. The van der Waals surface area contributed by atoms with Crippen LogP contribution in [0.15, 0.2) is 83.0 Å². The molecule has 0 fully saturated rings. The molecule has 2 aromatic rings. The molecule has 3 atom stereocenters. The summed E-state index contributed by atoms with van der Waals surface area (Å²) in [6.45, 7) is 4.63. The van der Waals surface area contributed by atoms with Gasteiger partial charge in [-0.25, -0.2) is 0 Å². The summed E-state index contributed by atoms with van der Waals surface area (Å²) in [5, 5.41) is 2.25. The molecule has 1 aromatic heterocycles. The van der Waals surface area contributed by atoms with Crippen LogP contribution in [0.4, 0.5) is 0 Å². The average Bonchev–Trinajstić information content (AvgIpc) is 2.74. The highest BCUT2D eigenvalue weighted by molar-refractivity contribution is 5.84. The number of fused-ring (bicyclic) bond motifs is 2. The average molecular weight is 364 g/mol. The monoisotopic (exact) mass is 364 g/mol. The molecule has 0 amide bonds. The molecule has 3 unspecified atom stereocenters. The lowest BCUT2D eigenvalue weighted by Crippen LogP contribution is -2.40. The Bertz CT molecular complexity index is 1160. The van der Waals surface area contributed by atoms with Gasteiger partial charge in [0.1, 0.15) is 0 Å². The van der Waals surface area contributed by atoms with Gasteiger partial charge in [-0.05, 0) is 52.7 Å². The Morgan fingerprint density at radius 2 is 1.82 bits per heavy atom. The van der Waals surface area contributed by atoms with E-state index in [2.05, 4.69) is 80.6 Å². The highest BCUT2D eigenvalue weighted by atomic mass is 14.8. The van der Waals surface area contributed by atoms with Gasteiger partial charge in [0.05, 0.1) is 11.0 Å². The van der Waals surface area contributed by atoms with Crippen LogP contribution in [0.3, 0.4) is 0 Å². The van der Waals surface area contributed by atoms with E-state index in [0.29, 0.717) is 11.8 Å². The van der Waals surface area contributed by atoms with Gasteiger partial charge in [0.25, 0.3) is 0 Å². The predicted octanol–water partition coefficient (Wildman–Crippen LogP) is 4.44. The highest BCUT2D eigenvalue weighted by Gasteiger charge is 2.33. The number of aliphatic imine (C=N–C) groups is 1. The third-order valence-electron chi connectivity index (χ3n) is 6.14. The van der Waals surface area contributed by atoms with Crippen molar-refractivity contribution < 1.29 is 0 Å². The summed E-state index contributed by atoms with van der Waals surface area (Å²) < 4.78 is 0. The topological polar surface area (TPSA) is 25.2 Å². The molecule has 0 radical (unpaired) electrons. The number of nitrogens with zero attached hydrogens (tertiary/aromatic N) is 2. The van der Waals surface area contributed by atoms with Crippen LogP contribution in [-0.4, -0.2) is 11.2 Å². The first kappa shape index (κ1) is 17.1. The molecule has 28 heavy (non-hydrogen) atoms. The minimum absolute atomic E-state index is 0.274. The number of rotatable bonds is 2. The van der Waals surface area contributed by atoms with E-state index < -0.39 is 0 Å². The van der Waals surface area contributed by atoms with E-state index in [1.54, 1.807) is 0 Å². The van der Waals surface area contributed by atoms with Crippen LogP contribution in [-0.2, 0) is 0 Å². The molecule has 5 rings (SSSR count). The molecule has 2 aliphatic carbocycles. The van der Waals surface area contributed by atoms with Crippen LogP contribution >= 0.6 is 0 Å². The Labute approximate surface area is 166 Å². The van der Waals surface area contributed by atoms with Gasteiger partial charge in [-0.15, -0.1) is 0 Å². The number of hydrogen-bond acceptors (Lipinski definition) is 2. The van der Waals surface area contributed by atoms with Gasteiger partial charge in [0.15, 0.2) is 0 Å². The number of aromatic nitrogens is 1. The van der Waals surface area contributed by atoms with E-state index in [1.807, 2.05) is 12.4 Å². The van der Waals surface area contributed by atoms with Gasteiger partial charge >= 0.3 is 0 Å². The summed E-state index contributed by atoms with van der Waals surface area (Å²) in [5.74, 6) is 1.19. The quantitative estimate of drug-likeness (QED) is 0.773. The fourth-order valence-electron chi connectivity index (χ4n) is 4.75.